The van der Waals surface area contributed by atoms with Crippen LogP contribution in [0.5, 0.6) is 5.75 Å². The Balaban J connectivity index is 1.66. The predicted molar refractivity (Wildman–Crippen MR) is 94.7 cm³/mol. The molecule has 0 bridgehead atoms. The molecule has 1 fully saturated rings. The van der Waals surface area contributed by atoms with Crippen LogP contribution in [0.2, 0.25) is 0 Å². The van der Waals surface area contributed by atoms with Crippen molar-refractivity contribution in [3.8, 4) is 5.75 Å². The quantitative estimate of drug-likeness (QED) is 0.795. The maximum absolute atomic E-state index is 12.1. The van der Waals surface area contributed by atoms with Crippen molar-refractivity contribution in [2.45, 2.75) is 6.92 Å². The standard InChI is InChI=1S/C17H21N3O2S/c1-3-19-8-10-20(11-9-19)17-18-16(21)15(23-17)12-13-4-6-14(22-2)7-5-13/h4-7,12H,3,8-11H2,1-2H3/b15-12-. The van der Waals surface area contributed by atoms with Crippen molar-refractivity contribution in [3.63, 3.8) is 0 Å². The molecule has 2 heterocycles. The van der Waals surface area contributed by atoms with E-state index in [4.69, 9.17) is 4.74 Å². The lowest BCUT2D eigenvalue weighted by atomic mass is 10.2. The van der Waals surface area contributed by atoms with E-state index in [9.17, 15) is 4.79 Å². The Morgan fingerprint density at radius 1 is 1.22 bits per heavy atom. The molecule has 2 aliphatic heterocycles. The van der Waals surface area contributed by atoms with Crippen LogP contribution in [-0.2, 0) is 4.79 Å². The summed E-state index contributed by atoms with van der Waals surface area (Å²) >= 11 is 1.48. The number of hydrogen-bond donors (Lipinski definition) is 0. The van der Waals surface area contributed by atoms with E-state index >= 15 is 0 Å². The Morgan fingerprint density at radius 3 is 2.52 bits per heavy atom. The molecule has 2 aliphatic rings. The van der Waals surface area contributed by atoms with Gasteiger partial charge in [-0.15, -0.1) is 0 Å². The van der Waals surface area contributed by atoms with E-state index in [1.54, 1.807) is 7.11 Å². The van der Waals surface area contributed by atoms with Crippen LogP contribution in [0.25, 0.3) is 6.08 Å². The number of amidine groups is 1. The van der Waals surface area contributed by atoms with Gasteiger partial charge in [0.05, 0.1) is 12.0 Å². The number of thioether (sulfide) groups is 1. The van der Waals surface area contributed by atoms with Gasteiger partial charge in [-0.2, -0.15) is 4.99 Å². The lowest BCUT2D eigenvalue weighted by Gasteiger charge is -2.34. The Kier molecular flexibility index (Phi) is 5.03. The van der Waals surface area contributed by atoms with Crippen molar-refractivity contribution in [2.75, 3.05) is 39.8 Å². The third-order valence-corrected chi connectivity index (χ3v) is 5.16. The molecule has 0 atom stereocenters. The molecule has 1 aromatic rings. The Bertz CT molecular complexity index is 632. The zero-order valence-corrected chi connectivity index (χ0v) is 14.3. The van der Waals surface area contributed by atoms with Gasteiger partial charge in [-0.25, -0.2) is 0 Å². The minimum absolute atomic E-state index is 0.140. The Morgan fingerprint density at radius 2 is 1.91 bits per heavy atom. The molecule has 0 N–H and O–H groups in total. The number of rotatable bonds is 3. The highest BCUT2D eigenvalue weighted by molar-refractivity contribution is 8.18. The lowest BCUT2D eigenvalue weighted by molar-refractivity contribution is -0.113. The highest BCUT2D eigenvalue weighted by atomic mass is 32.2. The lowest BCUT2D eigenvalue weighted by Crippen LogP contribution is -2.47. The molecule has 3 rings (SSSR count). The van der Waals surface area contributed by atoms with Crippen molar-refractivity contribution in [3.05, 3.63) is 34.7 Å². The summed E-state index contributed by atoms with van der Waals surface area (Å²) in [6.07, 6.45) is 1.89. The minimum atomic E-state index is -0.140. The normalized spacial score (nSPS) is 21.0. The van der Waals surface area contributed by atoms with Crippen LogP contribution in [0.4, 0.5) is 0 Å². The van der Waals surface area contributed by atoms with Crippen LogP contribution in [0.3, 0.4) is 0 Å². The first-order chi connectivity index (χ1) is 11.2. The number of amides is 1. The number of aliphatic imine (C=N–C) groups is 1. The van der Waals surface area contributed by atoms with E-state index in [0.29, 0.717) is 4.91 Å². The summed E-state index contributed by atoms with van der Waals surface area (Å²) in [6, 6.07) is 7.67. The molecule has 5 nitrogen and oxygen atoms in total. The van der Waals surface area contributed by atoms with Crippen molar-refractivity contribution in [1.82, 2.24) is 9.80 Å². The van der Waals surface area contributed by atoms with Gasteiger partial charge in [-0.1, -0.05) is 19.1 Å². The average molecular weight is 331 g/mol. The third-order valence-electron chi connectivity index (χ3n) is 4.11. The van der Waals surface area contributed by atoms with Crippen molar-refractivity contribution in [1.29, 1.82) is 0 Å². The van der Waals surface area contributed by atoms with Gasteiger partial charge < -0.3 is 14.5 Å². The highest BCUT2D eigenvalue weighted by Crippen LogP contribution is 2.30. The summed E-state index contributed by atoms with van der Waals surface area (Å²) < 4.78 is 5.15. The fourth-order valence-electron chi connectivity index (χ4n) is 2.64. The topological polar surface area (TPSA) is 45.1 Å². The average Bonchev–Trinajstić information content (AvgIpc) is 2.96. The summed E-state index contributed by atoms with van der Waals surface area (Å²) in [5, 5.41) is 0.838. The number of likely N-dealkylation sites (N-methyl/N-ethyl adjacent to an activating group) is 1. The number of piperazine rings is 1. The first kappa shape index (κ1) is 16.1. The van der Waals surface area contributed by atoms with Gasteiger partial charge in [-0.3, -0.25) is 4.79 Å². The number of nitrogens with zero attached hydrogens (tertiary/aromatic N) is 3. The number of methoxy groups -OCH3 is 1. The molecule has 1 amide bonds. The van der Waals surface area contributed by atoms with Gasteiger partial charge >= 0.3 is 0 Å². The molecule has 0 radical (unpaired) electrons. The number of ether oxygens (including phenoxy) is 1. The van der Waals surface area contributed by atoms with Crippen molar-refractivity contribution < 1.29 is 9.53 Å². The molecular weight excluding hydrogens is 310 g/mol. The van der Waals surface area contributed by atoms with Gasteiger partial charge in [0, 0.05) is 26.2 Å². The first-order valence-corrected chi connectivity index (χ1v) is 8.65. The predicted octanol–water partition coefficient (Wildman–Crippen LogP) is 2.30. The van der Waals surface area contributed by atoms with Crippen LogP contribution >= 0.6 is 11.8 Å². The fraction of sp³-hybridized carbons (Fsp3) is 0.412. The second kappa shape index (κ2) is 7.19. The minimum Gasteiger partial charge on any atom is -0.497 e. The third kappa shape index (κ3) is 3.76. The second-order valence-corrected chi connectivity index (χ2v) is 6.51. The SMILES string of the molecule is CCN1CCN(C2=NC(=O)/C(=C/c3ccc(OC)cc3)S2)CC1. The van der Waals surface area contributed by atoms with Crippen LogP contribution < -0.4 is 4.74 Å². The van der Waals surface area contributed by atoms with E-state index in [0.717, 1.165) is 49.2 Å². The molecule has 23 heavy (non-hydrogen) atoms. The molecule has 0 spiro atoms. The maximum atomic E-state index is 12.1. The largest absolute Gasteiger partial charge is 0.497 e. The molecule has 1 aromatic carbocycles. The second-order valence-electron chi connectivity index (χ2n) is 5.50. The van der Waals surface area contributed by atoms with Crippen LogP contribution in [-0.4, -0.2) is 60.7 Å². The molecule has 1 saturated heterocycles. The van der Waals surface area contributed by atoms with E-state index < -0.39 is 0 Å². The Labute approximate surface area is 141 Å². The van der Waals surface area contributed by atoms with Gasteiger partial charge in [0.2, 0.25) is 0 Å². The maximum Gasteiger partial charge on any atom is 0.286 e. The van der Waals surface area contributed by atoms with Gasteiger partial charge in [0.25, 0.3) is 5.91 Å². The molecule has 0 saturated carbocycles. The molecule has 122 valence electrons. The molecular formula is C17H21N3O2S. The van der Waals surface area contributed by atoms with E-state index in [2.05, 4.69) is 21.7 Å². The summed E-state index contributed by atoms with van der Waals surface area (Å²) in [4.78, 5) is 21.7. The van der Waals surface area contributed by atoms with Gasteiger partial charge in [0.15, 0.2) is 5.17 Å². The first-order valence-electron chi connectivity index (χ1n) is 7.83. The van der Waals surface area contributed by atoms with E-state index in [-0.39, 0.29) is 5.91 Å². The van der Waals surface area contributed by atoms with Crippen LogP contribution in [0, 0.1) is 0 Å². The monoisotopic (exact) mass is 331 g/mol. The van der Waals surface area contributed by atoms with Crippen molar-refractivity contribution in [2.24, 2.45) is 4.99 Å². The summed E-state index contributed by atoms with van der Waals surface area (Å²) in [6.45, 7) is 7.18. The fourth-order valence-corrected chi connectivity index (χ4v) is 3.61. The number of hydrogen-bond acceptors (Lipinski definition) is 5. The summed E-state index contributed by atoms with van der Waals surface area (Å²) in [5.41, 5.74) is 0.980. The van der Waals surface area contributed by atoms with Gasteiger partial charge in [0.1, 0.15) is 5.75 Å². The van der Waals surface area contributed by atoms with E-state index in [1.807, 2.05) is 30.3 Å². The van der Waals surface area contributed by atoms with Crippen molar-refractivity contribution >= 4 is 28.9 Å². The zero-order valence-electron chi connectivity index (χ0n) is 13.5. The zero-order chi connectivity index (χ0) is 16.2. The van der Waals surface area contributed by atoms with Crippen LogP contribution in [0.1, 0.15) is 12.5 Å². The number of carbonyl (C=O) groups excluding carboxylic acids is 1. The number of benzene rings is 1. The summed E-state index contributed by atoms with van der Waals surface area (Å²) in [7, 11) is 1.64. The molecule has 0 aromatic heterocycles. The Hall–Kier alpha value is -1.79. The molecule has 0 unspecified atom stereocenters. The molecule has 0 aliphatic carbocycles. The summed E-state index contributed by atoms with van der Waals surface area (Å²) in [5.74, 6) is 0.669. The number of carbonyl (C=O) groups is 1. The molecule has 6 heteroatoms. The highest BCUT2D eigenvalue weighted by Gasteiger charge is 2.28. The van der Waals surface area contributed by atoms with Crippen LogP contribution in [0.15, 0.2) is 34.2 Å². The van der Waals surface area contributed by atoms with E-state index in [1.165, 1.54) is 11.8 Å². The smallest absolute Gasteiger partial charge is 0.286 e. The van der Waals surface area contributed by atoms with Gasteiger partial charge in [-0.05, 0) is 42.1 Å².